The van der Waals surface area contributed by atoms with E-state index < -0.39 is 6.10 Å². The molecule has 1 aromatic rings. The van der Waals surface area contributed by atoms with E-state index in [4.69, 9.17) is 4.74 Å². The molecule has 0 amide bonds. The summed E-state index contributed by atoms with van der Waals surface area (Å²) in [6.07, 6.45) is -0.577. The van der Waals surface area contributed by atoms with Crippen LogP contribution in [0.2, 0.25) is 0 Å². The molecule has 3 nitrogen and oxygen atoms in total. The molecular weight excluding hydrogens is 313 g/mol. The minimum atomic E-state index is -0.577. The third-order valence-electron chi connectivity index (χ3n) is 2.41. The van der Waals surface area contributed by atoms with Gasteiger partial charge in [0.2, 0.25) is 0 Å². The highest BCUT2D eigenvalue weighted by Crippen LogP contribution is 2.17. The van der Waals surface area contributed by atoms with Crippen LogP contribution in [0, 0.1) is 5.82 Å². The van der Waals surface area contributed by atoms with Crippen LogP contribution in [0.4, 0.5) is 4.39 Å². The fraction of sp³-hybridized carbons (Fsp3) is 0.571. The van der Waals surface area contributed by atoms with E-state index in [0.717, 1.165) is 10.0 Å². The highest BCUT2D eigenvalue weighted by Gasteiger charge is 2.13. The smallest absolute Gasteiger partial charge is 0.123 e. The van der Waals surface area contributed by atoms with Gasteiger partial charge in [-0.25, -0.2) is 4.39 Å². The van der Waals surface area contributed by atoms with E-state index in [-0.39, 0.29) is 18.0 Å². The van der Waals surface area contributed by atoms with E-state index >= 15 is 0 Å². The van der Waals surface area contributed by atoms with Gasteiger partial charge in [0.1, 0.15) is 5.82 Å². The normalized spacial score (nSPS) is 13.6. The van der Waals surface area contributed by atoms with Gasteiger partial charge >= 0.3 is 0 Å². The van der Waals surface area contributed by atoms with Gasteiger partial charge in [0, 0.05) is 17.6 Å². The van der Waals surface area contributed by atoms with Crippen LogP contribution in [0.5, 0.6) is 0 Å². The molecule has 0 bridgehead atoms. The fourth-order valence-electron chi connectivity index (χ4n) is 1.46. The standard InChI is InChI=1S/C14H21BrFNO2/c1-14(2,3)19-9-12(18)8-17-7-10-6-11(16)4-5-13(10)15/h4-6,12,17-18H,7-9H2,1-3H3. The van der Waals surface area contributed by atoms with Crippen molar-refractivity contribution in [1.82, 2.24) is 5.32 Å². The Balaban J connectivity index is 2.32. The molecule has 1 aromatic carbocycles. The molecule has 0 fully saturated rings. The van der Waals surface area contributed by atoms with Crippen LogP contribution in [0.1, 0.15) is 26.3 Å². The van der Waals surface area contributed by atoms with Gasteiger partial charge in [0.15, 0.2) is 0 Å². The van der Waals surface area contributed by atoms with Crippen LogP contribution in [-0.2, 0) is 11.3 Å². The quantitative estimate of drug-likeness (QED) is 0.841. The predicted octanol–water partition coefficient (Wildman–Crippen LogP) is 2.85. The third kappa shape index (κ3) is 7.01. The maximum absolute atomic E-state index is 13.1. The van der Waals surface area contributed by atoms with Crippen molar-refractivity contribution in [2.45, 2.75) is 39.0 Å². The highest BCUT2D eigenvalue weighted by atomic mass is 79.9. The van der Waals surface area contributed by atoms with Crippen LogP contribution >= 0.6 is 15.9 Å². The lowest BCUT2D eigenvalue weighted by Crippen LogP contribution is -2.33. The highest BCUT2D eigenvalue weighted by molar-refractivity contribution is 9.10. The second-order valence-corrected chi connectivity index (χ2v) is 6.30. The Morgan fingerprint density at radius 2 is 2.11 bits per heavy atom. The van der Waals surface area contributed by atoms with Crippen molar-refractivity contribution in [2.75, 3.05) is 13.2 Å². The number of aliphatic hydroxyl groups excluding tert-OH is 1. The van der Waals surface area contributed by atoms with Crippen molar-refractivity contribution < 1.29 is 14.2 Å². The molecule has 0 aliphatic carbocycles. The predicted molar refractivity (Wildman–Crippen MR) is 77.5 cm³/mol. The monoisotopic (exact) mass is 333 g/mol. The molecular formula is C14H21BrFNO2. The molecule has 1 atom stereocenters. The molecule has 1 unspecified atom stereocenters. The van der Waals surface area contributed by atoms with Gasteiger partial charge in [0.25, 0.3) is 0 Å². The van der Waals surface area contributed by atoms with E-state index in [1.807, 2.05) is 20.8 Å². The molecule has 0 spiro atoms. The Bertz CT molecular complexity index is 407. The Morgan fingerprint density at radius 1 is 1.42 bits per heavy atom. The molecule has 0 aromatic heterocycles. The van der Waals surface area contributed by atoms with E-state index in [1.54, 1.807) is 6.07 Å². The van der Waals surface area contributed by atoms with Crippen LogP contribution in [0.15, 0.2) is 22.7 Å². The average Bonchev–Trinajstić information content (AvgIpc) is 2.30. The van der Waals surface area contributed by atoms with Crippen LogP contribution < -0.4 is 5.32 Å². The van der Waals surface area contributed by atoms with Gasteiger partial charge in [0.05, 0.1) is 18.3 Å². The lowest BCUT2D eigenvalue weighted by Gasteiger charge is -2.22. The van der Waals surface area contributed by atoms with Crippen molar-refractivity contribution in [3.8, 4) is 0 Å². The first-order chi connectivity index (χ1) is 8.78. The number of hydrogen-bond acceptors (Lipinski definition) is 3. The van der Waals surface area contributed by atoms with Crippen molar-refractivity contribution >= 4 is 15.9 Å². The molecule has 108 valence electrons. The van der Waals surface area contributed by atoms with Crippen molar-refractivity contribution in [3.63, 3.8) is 0 Å². The Kier molecular flexibility index (Phi) is 6.39. The number of nitrogens with one attached hydrogen (secondary N) is 1. The summed E-state index contributed by atoms with van der Waals surface area (Å²) < 4.78 is 19.4. The molecule has 0 aliphatic rings. The van der Waals surface area contributed by atoms with Gasteiger partial charge in [-0.3, -0.25) is 0 Å². The number of halogens is 2. The largest absolute Gasteiger partial charge is 0.389 e. The summed E-state index contributed by atoms with van der Waals surface area (Å²) in [6, 6.07) is 4.54. The molecule has 0 radical (unpaired) electrons. The summed E-state index contributed by atoms with van der Waals surface area (Å²) in [5, 5.41) is 12.8. The van der Waals surface area contributed by atoms with Gasteiger partial charge < -0.3 is 15.2 Å². The minimum absolute atomic E-state index is 0.257. The average molecular weight is 334 g/mol. The molecule has 0 saturated heterocycles. The number of benzene rings is 1. The lowest BCUT2D eigenvalue weighted by molar-refractivity contribution is -0.0479. The number of hydrogen-bond donors (Lipinski definition) is 2. The molecule has 0 heterocycles. The van der Waals surface area contributed by atoms with Gasteiger partial charge in [-0.1, -0.05) is 15.9 Å². The molecule has 2 N–H and O–H groups in total. The van der Waals surface area contributed by atoms with E-state index in [9.17, 15) is 9.50 Å². The van der Waals surface area contributed by atoms with E-state index in [1.165, 1.54) is 12.1 Å². The second-order valence-electron chi connectivity index (χ2n) is 5.44. The van der Waals surface area contributed by atoms with Crippen molar-refractivity contribution in [1.29, 1.82) is 0 Å². The summed E-state index contributed by atoms with van der Waals surface area (Å²) in [4.78, 5) is 0. The van der Waals surface area contributed by atoms with Crippen molar-refractivity contribution in [2.24, 2.45) is 0 Å². The van der Waals surface area contributed by atoms with Gasteiger partial charge in [-0.05, 0) is 44.5 Å². The van der Waals surface area contributed by atoms with Gasteiger partial charge in [-0.2, -0.15) is 0 Å². The van der Waals surface area contributed by atoms with Crippen LogP contribution in [-0.4, -0.2) is 30.0 Å². The zero-order chi connectivity index (χ0) is 14.5. The summed E-state index contributed by atoms with van der Waals surface area (Å²) in [5.74, 6) is -0.267. The first kappa shape index (κ1) is 16.6. The van der Waals surface area contributed by atoms with Crippen LogP contribution in [0.25, 0.3) is 0 Å². The maximum atomic E-state index is 13.1. The third-order valence-corrected chi connectivity index (χ3v) is 3.19. The second kappa shape index (κ2) is 7.33. The zero-order valence-corrected chi connectivity index (χ0v) is 13.1. The summed E-state index contributed by atoms with van der Waals surface area (Å²) in [7, 11) is 0. The van der Waals surface area contributed by atoms with Crippen molar-refractivity contribution in [3.05, 3.63) is 34.1 Å². The summed E-state index contributed by atoms with van der Waals surface area (Å²) >= 11 is 3.36. The first-order valence-electron chi connectivity index (χ1n) is 6.24. The Labute approximate surface area is 122 Å². The zero-order valence-electron chi connectivity index (χ0n) is 11.5. The Hall–Kier alpha value is -0.490. The molecule has 0 aliphatic heterocycles. The molecule has 1 rings (SSSR count). The Morgan fingerprint density at radius 3 is 2.74 bits per heavy atom. The fourth-order valence-corrected chi connectivity index (χ4v) is 1.84. The summed E-state index contributed by atoms with van der Waals surface area (Å²) in [5.41, 5.74) is 0.566. The SMILES string of the molecule is CC(C)(C)OCC(O)CNCc1cc(F)ccc1Br. The molecule has 0 saturated carbocycles. The lowest BCUT2D eigenvalue weighted by atomic mass is 10.2. The molecule has 5 heteroatoms. The number of rotatable bonds is 6. The number of ether oxygens (including phenoxy) is 1. The van der Waals surface area contributed by atoms with E-state index in [2.05, 4.69) is 21.2 Å². The van der Waals surface area contributed by atoms with Gasteiger partial charge in [-0.15, -0.1) is 0 Å². The maximum Gasteiger partial charge on any atom is 0.123 e. The first-order valence-corrected chi connectivity index (χ1v) is 7.04. The van der Waals surface area contributed by atoms with Crippen LogP contribution in [0.3, 0.4) is 0 Å². The summed E-state index contributed by atoms with van der Waals surface area (Å²) in [6.45, 7) is 7.00. The molecule has 19 heavy (non-hydrogen) atoms. The minimum Gasteiger partial charge on any atom is -0.389 e. The van der Waals surface area contributed by atoms with E-state index in [0.29, 0.717) is 13.1 Å². The number of aliphatic hydroxyl groups is 1. The topological polar surface area (TPSA) is 41.5 Å².